The smallest absolute Gasteiger partial charge is 0.235 e. The van der Waals surface area contributed by atoms with Crippen LogP contribution in [-0.4, -0.2) is 19.5 Å². The molecule has 33 heavy (non-hydrogen) atoms. The maximum absolute atomic E-state index is 5.08. The molecule has 0 unspecified atom stereocenters. The van der Waals surface area contributed by atoms with Crippen molar-refractivity contribution in [1.82, 2.24) is 19.5 Å². The molecule has 0 fully saturated rings. The summed E-state index contributed by atoms with van der Waals surface area (Å²) in [5.74, 6) is 0.649. The fourth-order valence-corrected chi connectivity index (χ4v) is 4.73. The zero-order valence-electron chi connectivity index (χ0n) is 17.7. The van der Waals surface area contributed by atoms with Gasteiger partial charge in [-0.15, -0.1) is 0 Å². The molecule has 0 spiro atoms. The maximum Gasteiger partial charge on any atom is 0.235 e. The second-order valence-corrected chi connectivity index (χ2v) is 8.17. The molecule has 0 atom stereocenters. The van der Waals surface area contributed by atoms with E-state index in [-0.39, 0.29) is 0 Å². The lowest BCUT2D eigenvalue weighted by Crippen LogP contribution is -2.03. The lowest BCUT2D eigenvalue weighted by atomic mass is 10.1. The van der Waals surface area contributed by atoms with Crippen molar-refractivity contribution in [2.75, 3.05) is 0 Å². The van der Waals surface area contributed by atoms with E-state index in [4.69, 9.17) is 9.97 Å². The van der Waals surface area contributed by atoms with Crippen LogP contribution in [0.4, 0.5) is 0 Å². The van der Waals surface area contributed by atoms with E-state index in [0.717, 1.165) is 33.3 Å². The summed E-state index contributed by atoms with van der Waals surface area (Å²) in [7, 11) is 0. The first-order valence-electron chi connectivity index (χ1n) is 11.0. The molecule has 4 nitrogen and oxygen atoms in total. The summed E-state index contributed by atoms with van der Waals surface area (Å²) in [5.41, 5.74) is 4.75. The van der Waals surface area contributed by atoms with E-state index in [2.05, 4.69) is 76.3 Å². The highest BCUT2D eigenvalue weighted by molar-refractivity contribution is 6.13. The van der Waals surface area contributed by atoms with E-state index in [1.54, 1.807) is 6.20 Å². The number of hydrogen-bond donors (Lipinski definition) is 0. The van der Waals surface area contributed by atoms with E-state index in [1.165, 1.54) is 21.5 Å². The summed E-state index contributed by atoms with van der Waals surface area (Å²) in [6.45, 7) is 0. The van der Waals surface area contributed by atoms with Crippen molar-refractivity contribution < 1.29 is 0 Å². The minimum Gasteiger partial charge on any atom is -0.278 e. The van der Waals surface area contributed by atoms with E-state index in [9.17, 15) is 0 Å². The molecule has 154 valence electrons. The van der Waals surface area contributed by atoms with E-state index in [0.29, 0.717) is 5.95 Å². The first-order chi connectivity index (χ1) is 16.4. The van der Waals surface area contributed by atoms with Gasteiger partial charge in [-0.3, -0.25) is 9.55 Å². The van der Waals surface area contributed by atoms with Gasteiger partial charge in [-0.25, -0.2) is 9.97 Å². The van der Waals surface area contributed by atoms with Crippen molar-refractivity contribution in [3.05, 3.63) is 109 Å². The number of hydrogen-bond acceptors (Lipinski definition) is 3. The van der Waals surface area contributed by atoms with Crippen molar-refractivity contribution in [2.45, 2.75) is 0 Å². The number of pyridine rings is 1. The number of nitrogens with zero attached hydrogens (tertiary/aromatic N) is 4. The van der Waals surface area contributed by atoms with Crippen LogP contribution in [-0.2, 0) is 0 Å². The third kappa shape index (κ3) is 2.74. The molecular weight excluding hydrogens is 404 g/mol. The summed E-state index contributed by atoms with van der Waals surface area (Å²) in [5, 5.41) is 5.79. The summed E-state index contributed by atoms with van der Waals surface area (Å²) in [4.78, 5) is 14.7. The lowest BCUT2D eigenvalue weighted by molar-refractivity contribution is 1.01. The molecule has 0 aliphatic carbocycles. The number of para-hydroxylation sites is 2. The van der Waals surface area contributed by atoms with Gasteiger partial charge in [-0.1, -0.05) is 66.7 Å². The molecule has 4 aromatic carbocycles. The third-order valence-electron chi connectivity index (χ3n) is 6.24. The summed E-state index contributed by atoms with van der Waals surface area (Å²) < 4.78 is 2.18. The van der Waals surface area contributed by atoms with Gasteiger partial charge in [-0.05, 0) is 47.2 Å². The molecule has 0 saturated carbocycles. The fourth-order valence-electron chi connectivity index (χ4n) is 4.73. The number of benzene rings is 4. The number of aromatic nitrogens is 4. The highest BCUT2D eigenvalue weighted by Crippen LogP contribution is 2.35. The summed E-state index contributed by atoms with van der Waals surface area (Å²) in [6.07, 6.45) is 1.80. The van der Waals surface area contributed by atoms with Crippen LogP contribution in [0.3, 0.4) is 0 Å². The Morgan fingerprint density at radius 1 is 0.545 bits per heavy atom. The zero-order chi connectivity index (χ0) is 21.8. The Kier molecular flexibility index (Phi) is 3.81. The Labute approximate surface area is 189 Å². The van der Waals surface area contributed by atoms with Gasteiger partial charge in [0.25, 0.3) is 0 Å². The fraction of sp³-hybridized carbons (Fsp3) is 0. The minimum absolute atomic E-state index is 0.649. The van der Waals surface area contributed by atoms with Crippen LogP contribution in [0.5, 0.6) is 0 Å². The highest BCUT2D eigenvalue weighted by Gasteiger charge is 2.17. The maximum atomic E-state index is 5.08. The minimum atomic E-state index is 0.649. The number of fused-ring (bicyclic) bond motifs is 5. The van der Waals surface area contributed by atoms with Crippen LogP contribution in [0.25, 0.3) is 60.8 Å². The van der Waals surface area contributed by atoms with Gasteiger partial charge >= 0.3 is 0 Å². The van der Waals surface area contributed by atoms with Crippen LogP contribution in [0.15, 0.2) is 109 Å². The zero-order valence-corrected chi connectivity index (χ0v) is 17.7. The van der Waals surface area contributed by atoms with Crippen LogP contribution in [0.1, 0.15) is 0 Å². The van der Waals surface area contributed by atoms with Crippen LogP contribution in [0, 0.1) is 0 Å². The molecule has 0 N–H and O–H groups in total. The first kappa shape index (κ1) is 18.0. The SMILES string of the molecule is c1ccc(-c2nc(-n3c4ccccc4c4cc5ccccc5cc43)nc3ccccc23)nc1. The molecule has 7 aromatic rings. The van der Waals surface area contributed by atoms with Gasteiger partial charge < -0.3 is 0 Å². The van der Waals surface area contributed by atoms with Crippen molar-refractivity contribution >= 4 is 43.5 Å². The van der Waals surface area contributed by atoms with Gasteiger partial charge in [0.05, 0.1) is 22.2 Å². The van der Waals surface area contributed by atoms with Crippen molar-refractivity contribution in [3.63, 3.8) is 0 Å². The molecule has 3 heterocycles. The molecule has 0 radical (unpaired) electrons. The van der Waals surface area contributed by atoms with Crippen molar-refractivity contribution in [2.24, 2.45) is 0 Å². The van der Waals surface area contributed by atoms with Gasteiger partial charge in [-0.2, -0.15) is 0 Å². The predicted octanol–water partition coefficient (Wildman–Crippen LogP) is 6.94. The first-order valence-corrected chi connectivity index (χ1v) is 11.0. The lowest BCUT2D eigenvalue weighted by Gasteiger charge is -2.11. The average Bonchev–Trinajstić information content (AvgIpc) is 3.20. The second kappa shape index (κ2) is 6.97. The largest absolute Gasteiger partial charge is 0.278 e. The van der Waals surface area contributed by atoms with Gasteiger partial charge in [0.15, 0.2) is 0 Å². The molecule has 0 bridgehead atoms. The Bertz CT molecular complexity index is 1820. The Hall–Kier alpha value is -4.57. The van der Waals surface area contributed by atoms with Gasteiger partial charge in [0.1, 0.15) is 5.69 Å². The normalized spacial score (nSPS) is 11.6. The molecule has 7 rings (SSSR count). The molecular formula is C29H18N4. The van der Waals surface area contributed by atoms with Crippen LogP contribution in [0.2, 0.25) is 0 Å². The molecule has 0 saturated heterocycles. The Balaban J connectivity index is 1.63. The van der Waals surface area contributed by atoms with E-state index < -0.39 is 0 Å². The molecule has 3 aromatic heterocycles. The summed E-state index contributed by atoms with van der Waals surface area (Å²) >= 11 is 0. The van der Waals surface area contributed by atoms with Crippen LogP contribution < -0.4 is 0 Å². The molecule has 4 heteroatoms. The average molecular weight is 422 g/mol. The highest BCUT2D eigenvalue weighted by atomic mass is 15.2. The molecule has 0 aliphatic rings. The predicted molar refractivity (Wildman–Crippen MR) is 135 cm³/mol. The molecule has 0 amide bonds. The van der Waals surface area contributed by atoms with Crippen LogP contribution >= 0.6 is 0 Å². The second-order valence-electron chi connectivity index (χ2n) is 8.17. The van der Waals surface area contributed by atoms with E-state index in [1.807, 2.05) is 36.4 Å². The van der Waals surface area contributed by atoms with Gasteiger partial charge in [0.2, 0.25) is 5.95 Å². The third-order valence-corrected chi connectivity index (χ3v) is 6.24. The quantitative estimate of drug-likeness (QED) is 0.303. The van der Waals surface area contributed by atoms with Crippen molar-refractivity contribution in [1.29, 1.82) is 0 Å². The van der Waals surface area contributed by atoms with Gasteiger partial charge in [0, 0.05) is 22.4 Å². The Morgan fingerprint density at radius 2 is 1.27 bits per heavy atom. The van der Waals surface area contributed by atoms with E-state index >= 15 is 0 Å². The number of rotatable bonds is 2. The van der Waals surface area contributed by atoms with Crippen molar-refractivity contribution in [3.8, 4) is 17.3 Å². The summed E-state index contributed by atoms with van der Waals surface area (Å²) in [6, 6.07) is 35.5. The standard InChI is InChI=1S/C29H18N4/c1-2-10-20-18-27-23(17-19(20)9-1)21-11-4-6-15-26(21)33(27)29-31-24-13-5-3-12-22(24)28(32-29)25-14-7-8-16-30-25/h1-18H. The Morgan fingerprint density at radius 3 is 2.12 bits per heavy atom. The molecule has 0 aliphatic heterocycles. The topological polar surface area (TPSA) is 43.6 Å². The monoisotopic (exact) mass is 422 g/mol.